The molecule has 0 aliphatic rings. The lowest BCUT2D eigenvalue weighted by molar-refractivity contribution is 0.873. The SMILES string of the molecule is CC(Nc1cccnc1Cl)c1nc2ccccc2s1. The highest BCUT2D eigenvalue weighted by Crippen LogP contribution is 2.29. The molecule has 96 valence electrons. The topological polar surface area (TPSA) is 37.8 Å². The Bertz CT molecular complexity index is 677. The molecule has 0 aliphatic heterocycles. The molecule has 1 atom stereocenters. The Hall–Kier alpha value is -1.65. The van der Waals surface area contributed by atoms with Gasteiger partial charge >= 0.3 is 0 Å². The average Bonchev–Trinajstić information content (AvgIpc) is 2.85. The Morgan fingerprint density at radius 1 is 1.21 bits per heavy atom. The van der Waals surface area contributed by atoms with E-state index < -0.39 is 0 Å². The number of nitrogens with one attached hydrogen (secondary N) is 1. The first kappa shape index (κ1) is 12.4. The number of aromatic nitrogens is 2. The monoisotopic (exact) mass is 289 g/mol. The van der Waals surface area contributed by atoms with Gasteiger partial charge in [0.15, 0.2) is 5.15 Å². The minimum Gasteiger partial charge on any atom is -0.374 e. The molecule has 0 aliphatic carbocycles. The molecule has 0 saturated carbocycles. The maximum Gasteiger partial charge on any atom is 0.152 e. The molecule has 19 heavy (non-hydrogen) atoms. The quantitative estimate of drug-likeness (QED) is 0.721. The van der Waals surface area contributed by atoms with Crippen LogP contribution in [0.3, 0.4) is 0 Å². The van der Waals surface area contributed by atoms with Crippen LogP contribution in [0, 0.1) is 0 Å². The highest BCUT2D eigenvalue weighted by molar-refractivity contribution is 7.18. The summed E-state index contributed by atoms with van der Waals surface area (Å²) in [5.41, 5.74) is 1.87. The number of para-hydroxylation sites is 1. The molecule has 3 nitrogen and oxygen atoms in total. The third-order valence-electron chi connectivity index (χ3n) is 2.81. The van der Waals surface area contributed by atoms with Gasteiger partial charge in [0.1, 0.15) is 5.01 Å². The number of hydrogen-bond acceptors (Lipinski definition) is 4. The number of fused-ring (bicyclic) bond motifs is 1. The van der Waals surface area contributed by atoms with Gasteiger partial charge in [0.25, 0.3) is 0 Å². The molecule has 0 fully saturated rings. The Kier molecular flexibility index (Phi) is 3.36. The van der Waals surface area contributed by atoms with Gasteiger partial charge in [-0.05, 0) is 31.2 Å². The molecule has 2 heterocycles. The first-order valence-corrected chi connectivity index (χ1v) is 7.16. The van der Waals surface area contributed by atoms with Gasteiger partial charge in [-0.1, -0.05) is 23.7 Å². The zero-order valence-corrected chi connectivity index (χ0v) is 11.9. The van der Waals surface area contributed by atoms with E-state index in [1.807, 2.05) is 30.3 Å². The number of hydrogen-bond donors (Lipinski definition) is 1. The number of thiazole rings is 1. The van der Waals surface area contributed by atoms with E-state index in [9.17, 15) is 0 Å². The summed E-state index contributed by atoms with van der Waals surface area (Å²) in [5, 5.41) is 4.87. The van der Waals surface area contributed by atoms with Gasteiger partial charge in [-0.25, -0.2) is 9.97 Å². The summed E-state index contributed by atoms with van der Waals surface area (Å²) in [7, 11) is 0. The van der Waals surface area contributed by atoms with Crippen molar-refractivity contribution in [2.75, 3.05) is 5.32 Å². The van der Waals surface area contributed by atoms with Crippen LogP contribution < -0.4 is 5.32 Å². The van der Waals surface area contributed by atoms with Gasteiger partial charge < -0.3 is 5.32 Å². The Labute approximate surface area is 120 Å². The zero-order valence-electron chi connectivity index (χ0n) is 10.3. The smallest absolute Gasteiger partial charge is 0.152 e. The summed E-state index contributed by atoms with van der Waals surface area (Å²) in [4.78, 5) is 8.69. The fourth-order valence-electron chi connectivity index (χ4n) is 1.86. The van der Waals surface area contributed by atoms with Gasteiger partial charge in [0.2, 0.25) is 0 Å². The summed E-state index contributed by atoms with van der Waals surface area (Å²) in [5.74, 6) is 0. The van der Waals surface area contributed by atoms with Gasteiger partial charge in [-0.3, -0.25) is 0 Å². The fourth-order valence-corrected chi connectivity index (χ4v) is 3.01. The molecule has 3 aromatic rings. The summed E-state index contributed by atoms with van der Waals surface area (Å²) < 4.78 is 1.20. The van der Waals surface area contributed by atoms with Crippen molar-refractivity contribution < 1.29 is 0 Å². The van der Waals surface area contributed by atoms with Crippen molar-refractivity contribution in [1.82, 2.24) is 9.97 Å². The van der Waals surface area contributed by atoms with Crippen LogP contribution in [0.4, 0.5) is 5.69 Å². The van der Waals surface area contributed by atoms with E-state index >= 15 is 0 Å². The molecule has 0 radical (unpaired) electrons. The number of benzene rings is 1. The van der Waals surface area contributed by atoms with E-state index in [4.69, 9.17) is 11.6 Å². The molecule has 0 amide bonds. The van der Waals surface area contributed by atoms with E-state index in [0.717, 1.165) is 16.2 Å². The van der Waals surface area contributed by atoms with E-state index in [1.54, 1.807) is 17.5 Å². The minimum atomic E-state index is 0.0964. The van der Waals surface area contributed by atoms with Crippen molar-refractivity contribution in [3.05, 3.63) is 52.8 Å². The lowest BCUT2D eigenvalue weighted by atomic mass is 10.3. The number of nitrogens with zero attached hydrogens (tertiary/aromatic N) is 2. The van der Waals surface area contributed by atoms with Crippen LogP contribution in [0.25, 0.3) is 10.2 Å². The van der Waals surface area contributed by atoms with E-state index in [2.05, 4.69) is 28.3 Å². The Balaban J connectivity index is 1.87. The second kappa shape index (κ2) is 5.15. The van der Waals surface area contributed by atoms with E-state index in [-0.39, 0.29) is 6.04 Å². The second-order valence-electron chi connectivity index (χ2n) is 4.23. The van der Waals surface area contributed by atoms with Crippen LogP contribution in [0.1, 0.15) is 18.0 Å². The summed E-state index contributed by atoms with van der Waals surface area (Å²) >= 11 is 7.74. The molecular formula is C14H12ClN3S. The van der Waals surface area contributed by atoms with Gasteiger partial charge in [-0.15, -0.1) is 11.3 Å². The van der Waals surface area contributed by atoms with Crippen LogP contribution in [-0.2, 0) is 0 Å². The molecule has 0 spiro atoms. The van der Waals surface area contributed by atoms with Crippen molar-refractivity contribution >= 4 is 38.8 Å². The maximum atomic E-state index is 6.04. The molecule has 1 N–H and O–H groups in total. The fraction of sp³-hybridized carbons (Fsp3) is 0.143. The number of anilines is 1. The van der Waals surface area contributed by atoms with Gasteiger partial charge in [0.05, 0.1) is 21.9 Å². The standard InChI is InChI=1S/C14H12ClN3S/c1-9(17-11-6-4-8-16-13(11)15)14-18-10-5-2-3-7-12(10)19-14/h2-9,17H,1H3. The van der Waals surface area contributed by atoms with Crippen LogP contribution in [0.15, 0.2) is 42.6 Å². The van der Waals surface area contributed by atoms with Crippen LogP contribution in [0.2, 0.25) is 5.15 Å². The first-order chi connectivity index (χ1) is 9.24. The van der Waals surface area contributed by atoms with Crippen LogP contribution in [0.5, 0.6) is 0 Å². The minimum absolute atomic E-state index is 0.0964. The lowest BCUT2D eigenvalue weighted by Crippen LogP contribution is -2.06. The van der Waals surface area contributed by atoms with Crippen LogP contribution in [-0.4, -0.2) is 9.97 Å². The maximum absolute atomic E-state index is 6.04. The predicted octanol–water partition coefficient (Wildman–Crippen LogP) is 4.52. The lowest BCUT2D eigenvalue weighted by Gasteiger charge is -2.13. The number of pyridine rings is 1. The third kappa shape index (κ3) is 2.55. The van der Waals surface area contributed by atoms with Crippen LogP contribution >= 0.6 is 22.9 Å². The molecule has 1 aromatic carbocycles. The van der Waals surface area contributed by atoms with Crippen molar-refractivity contribution in [1.29, 1.82) is 0 Å². The highest BCUT2D eigenvalue weighted by atomic mass is 35.5. The largest absolute Gasteiger partial charge is 0.374 e. The highest BCUT2D eigenvalue weighted by Gasteiger charge is 2.12. The van der Waals surface area contributed by atoms with E-state index in [0.29, 0.717) is 5.15 Å². The van der Waals surface area contributed by atoms with Gasteiger partial charge in [-0.2, -0.15) is 0 Å². The summed E-state index contributed by atoms with van der Waals surface area (Å²) in [6, 6.07) is 12.0. The van der Waals surface area contributed by atoms with E-state index in [1.165, 1.54) is 4.70 Å². The van der Waals surface area contributed by atoms with Crippen molar-refractivity contribution in [3.8, 4) is 0 Å². The predicted molar refractivity (Wildman–Crippen MR) is 80.9 cm³/mol. The Morgan fingerprint density at radius 3 is 2.84 bits per heavy atom. The molecule has 2 aromatic heterocycles. The molecule has 0 bridgehead atoms. The average molecular weight is 290 g/mol. The number of halogens is 1. The molecular weight excluding hydrogens is 278 g/mol. The third-order valence-corrected chi connectivity index (χ3v) is 4.33. The van der Waals surface area contributed by atoms with Crippen molar-refractivity contribution in [3.63, 3.8) is 0 Å². The molecule has 0 saturated heterocycles. The summed E-state index contributed by atoms with van der Waals surface area (Å²) in [6.07, 6.45) is 1.68. The normalized spacial score (nSPS) is 12.5. The number of rotatable bonds is 3. The summed E-state index contributed by atoms with van der Waals surface area (Å²) in [6.45, 7) is 2.07. The molecule has 5 heteroatoms. The Morgan fingerprint density at radius 2 is 2.05 bits per heavy atom. The molecule has 1 unspecified atom stereocenters. The zero-order chi connectivity index (χ0) is 13.2. The van der Waals surface area contributed by atoms with Crippen molar-refractivity contribution in [2.24, 2.45) is 0 Å². The van der Waals surface area contributed by atoms with Gasteiger partial charge in [0, 0.05) is 6.20 Å². The second-order valence-corrected chi connectivity index (χ2v) is 5.65. The van der Waals surface area contributed by atoms with Crippen molar-refractivity contribution in [2.45, 2.75) is 13.0 Å². The molecule has 3 rings (SSSR count). The first-order valence-electron chi connectivity index (χ1n) is 5.96.